The highest BCUT2D eigenvalue weighted by Crippen LogP contribution is 2.13. The van der Waals surface area contributed by atoms with Crippen LogP contribution in [-0.4, -0.2) is 22.0 Å². The van der Waals surface area contributed by atoms with Crippen LogP contribution in [0.15, 0.2) is 18.2 Å². The second-order valence-corrected chi connectivity index (χ2v) is 3.33. The number of carboxylic acid groups (broad SMARTS) is 1. The molecule has 1 aromatic rings. The highest BCUT2D eigenvalue weighted by atomic mass is 16.4. The van der Waals surface area contributed by atoms with E-state index in [0.717, 1.165) is 0 Å². The van der Waals surface area contributed by atoms with E-state index in [-0.39, 0.29) is 24.4 Å². The summed E-state index contributed by atoms with van der Waals surface area (Å²) in [6.07, 6.45) is 0.0788. The molecule has 0 aromatic heterocycles. The van der Waals surface area contributed by atoms with Crippen LogP contribution >= 0.6 is 0 Å². The number of aliphatic hydroxyl groups is 1. The maximum Gasteiger partial charge on any atom is 0.335 e. The molecule has 2 N–H and O–H groups in total. The van der Waals surface area contributed by atoms with Crippen molar-refractivity contribution in [2.75, 3.05) is 0 Å². The first-order valence-corrected chi connectivity index (χ1v) is 4.50. The third-order valence-corrected chi connectivity index (χ3v) is 2.02. The van der Waals surface area contributed by atoms with Crippen molar-refractivity contribution < 1.29 is 19.8 Å². The highest BCUT2D eigenvalue weighted by Gasteiger charge is 2.11. The predicted octanol–water partition coefficient (Wildman–Crippen LogP) is 1.01. The van der Waals surface area contributed by atoms with Crippen molar-refractivity contribution in [1.29, 1.82) is 0 Å². The lowest BCUT2D eigenvalue weighted by Gasteiger charge is -2.06. The van der Waals surface area contributed by atoms with Crippen molar-refractivity contribution in [2.45, 2.75) is 20.0 Å². The quantitative estimate of drug-likeness (QED) is 0.774. The SMILES string of the molecule is CC(=O)Cc1cc(CO)ccc1C(=O)O. The first-order valence-electron chi connectivity index (χ1n) is 4.50. The van der Waals surface area contributed by atoms with Crippen molar-refractivity contribution >= 4 is 11.8 Å². The Morgan fingerprint density at radius 3 is 2.47 bits per heavy atom. The van der Waals surface area contributed by atoms with Gasteiger partial charge in [-0.3, -0.25) is 4.79 Å². The molecule has 1 aromatic carbocycles. The van der Waals surface area contributed by atoms with Crippen molar-refractivity contribution in [3.05, 3.63) is 34.9 Å². The average Bonchev–Trinajstić information content (AvgIpc) is 2.16. The van der Waals surface area contributed by atoms with E-state index < -0.39 is 5.97 Å². The molecule has 4 heteroatoms. The third-order valence-electron chi connectivity index (χ3n) is 2.02. The maximum absolute atomic E-state index is 10.9. The van der Waals surface area contributed by atoms with Crippen molar-refractivity contribution in [1.82, 2.24) is 0 Å². The zero-order chi connectivity index (χ0) is 11.4. The molecule has 15 heavy (non-hydrogen) atoms. The number of rotatable bonds is 4. The van der Waals surface area contributed by atoms with Gasteiger partial charge in [-0.15, -0.1) is 0 Å². The summed E-state index contributed by atoms with van der Waals surface area (Å²) in [5.41, 5.74) is 1.17. The van der Waals surface area contributed by atoms with E-state index in [1.54, 1.807) is 6.07 Å². The number of aliphatic hydroxyl groups excluding tert-OH is 1. The van der Waals surface area contributed by atoms with Crippen LogP contribution in [0, 0.1) is 0 Å². The fraction of sp³-hybridized carbons (Fsp3) is 0.273. The van der Waals surface area contributed by atoms with E-state index in [2.05, 4.69) is 0 Å². The topological polar surface area (TPSA) is 74.6 Å². The van der Waals surface area contributed by atoms with E-state index >= 15 is 0 Å². The molecule has 0 unspecified atom stereocenters. The van der Waals surface area contributed by atoms with E-state index in [1.165, 1.54) is 19.1 Å². The molecule has 0 saturated carbocycles. The van der Waals surface area contributed by atoms with Gasteiger partial charge in [-0.05, 0) is 24.1 Å². The molecule has 0 spiro atoms. The van der Waals surface area contributed by atoms with Crippen LogP contribution in [0.3, 0.4) is 0 Å². The lowest BCUT2D eigenvalue weighted by molar-refractivity contribution is -0.116. The number of carbonyl (C=O) groups is 2. The molecule has 80 valence electrons. The van der Waals surface area contributed by atoms with E-state index in [4.69, 9.17) is 10.2 Å². The van der Waals surface area contributed by atoms with Gasteiger partial charge in [-0.2, -0.15) is 0 Å². The first kappa shape index (κ1) is 11.4. The molecule has 0 saturated heterocycles. The van der Waals surface area contributed by atoms with Crippen LogP contribution < -0.4 is 0 Å². The van der Waals surface area contributed by atoms with Gasteiger partial charge in [0.05, 0.1) is 12.2 Å². The molecule has 0 radical (unpaired) electrons. The number of benzene rings is 1. The zero-order valence-electron chi connectivity index (χ0n) is 8.36. The van der Waals surface area contributed by atoms with Gasteiger partial charge in [0.15, 0.2) is 0 Å². The molecular weight excluding hydrogens is 196 g/mol. The Balaban J connectivity index is 3.16. The smallest absolute Gasteiger partial charge is 0.335 e. The lowest BCUT2D eigenvalue weighted by atomic mass is 10.00. The Morgan fingerprint density at radius 2 is 2.00 bits per heavy atom. The van der Waals surface area contributed by atoms with Gasteiger partial charge < -0.3 is 10.2 Å². The Kier molecular flexibility index (Phi) is 3.57. The Labute approximate surface area is 87.2 Å². The molecule has 0 aliphatic rings. The number of aromatic carboxylic acids is 1. The van der Waals surface area contributed by atoms with Gasteiger partial charge in [-0.25, -0.2) is 4.79 Å². The largest absolute Gasteiger partial charge is 0.478 e. The Morgan fingerprint density at radius 1 is 1.33 bits per heavy atom. The van der Waals surface area contributed by atoms with E-state index in [0.29, 0.717) is 11.1 Å². The summed E-state index contributed by atoms with van der Waals surface area (Å²) in [5, 5.41) is 17.8. The van der Waals surface area contributed by atoms with Crippen LogP contribution in [0.25, 0.3) is 0 Å². The molecule has 1 rings (SSSR count). The maximum atomic E-state index is 10.9. The third kappa shape index (κ3) is 2.89. The van der Waals surface area contributed by atoms with E-state index in [9.17, 15) is 9.59 Å². The van der Waals surface area contributed by atoms with Crippen LogP contribution in [0.1, 0.15) is 28.4 Å². The number of carbonyl (C=O) groups excluding carboxylic acids is 1. The van der Waals surface area contributed by atoms with Crippen LogP contribution in [0.4, 0.5) is 0 Å². The summed E-state index contributed by atoms with van der Waals surface area (Å²) in [7, 11) is 0. The lowest BCUT2D eigenvalue weighted by Crippen LogP contribution is -2.07. The number of ketones is 1. The molecular formula is C11H12O4. The van der Waals surface area contributed by atoms with Crippen LogP contribution in [0.2, 0.25) is 0 Å². The first-order chi connectivity index (χ1) is 7.04. The van der Waals surface area contributed by atoms with Gasteiger partial charge in [0.25, 0.3) is 0 Å². The minimum Gasteiger partial charge on any atom is -0.478 e. The summed E-state index contributed by atoms with van der Waals surface area (Å²) < 4.78 is 0. The summed E-state index contributed by atoms with van der Waals surface area (Å²) in [5.74, 6) is -1.16. The summed E-state index contributed by atoms with van der Waals surface area (Å²) in [6, 6.07) is 4.49. The second kappa shape index (κ2) is 4.70. The predicted molar refractivity (Wildman–Crippen MR) is 53.7 cm³/mol. The number of carboxylic acids is 1. The van der Waals surface area contributed by atoms with Gasteiger partial charge in [0.1, 0.15) is 5.78 Å². The molecule has 0 amide bonds. The highest BCUT2D eigenvalue weighted by molar-refractivity contribution is 5.91. The zero-order valence-corrected chi connectivity index (χ0v) is 8.36. The second-order valence-electron chi connectivity index (χ2n) is 3.33. The van der Waals surface area contributed by atoms with Gasteiger partial charge in [0.2, 0.25) is 0 Å². The molecule has 0 aliphatic heterocycles. The normalized spacial score (nSPS) is 10.0. The fourth-order valence-electron chi connectivity index (χ4n) is 1.37. The molecule has 0 bridgehead atoms. The fourth-order valence-corrected chi connectivity index (χ4v) is 1.37. The van der Waals surface area contributed by atoms with Crippen molar-refractivity contribution in [3.63, 3.8) is 0 Å². The van der Waals surface area contributed by atoms with Crippen molar-refractivity contribution in [3.8, 4) is 0 Å². The summed E-state index contributed by atoms with van der Waals surface area (Å²) in [6.45, 7) is 1.24. The summed E-state index contributed by atoms with van der Waals surface area (Å²) >= 11 is 0. The average molecular weight is 208 g/mol. The van der Waals surface area contributed by atoms with Gasteiger partial charge >= 0.3 is 5.97 Å². The van der Waals surface area contributed by atoms with Gasteiger partial charge in [0, 0.05) is 6.42 Å². The van der Waals surface area contributed by atoms with Crippen LogP contribution in [0.5, 0.6) is 0 Å². The van der Waals surface area contributed by atoms with E-state index in [1.807, 2.05) is 0 Å². The van der Waals surface area contributed by atoms with Gasteiger partial charge in [-0.1, -0.05) is 12.1 Å². The molecule has 0 fully saturated rings. The number of hydrogen-bond acceptors (Lipinski definition) is 3. The molecule has 0 aliphatic carbocycles. The Hall–Kier alpha value is -1.68. The van der Waals surface area contributed by atoms with Crippen LogP contribution in [-0.2, 0) is 17.8 Å². The summed E-state index contributed by atoms with van der Waals surface area (Å²) in [4.78, 5) is 21.8. The molecule has 0 heterocycles. The number of hydrogen-bond donors (Lipinski definition) is 2. The molecule has 0 atom stereocenters. The number of Topliss-reactive ketones (excluding diaryl/α,β-unsaturated/α-hetero) is 1. The minimum atomic E-state index is -1.06. The standard InChI is InChI=1S/C11H12O4/c1-7(13)4-9-5-8(6-12)2-3-10(9)11(14)15/h2-3,5,12H,4,6H2,1H3,(H,14,15). The van der Waals surface area contributed by atoms with Crippen molar-refractivity contribution in [2.24, 2.45) is 0 Å². The molecule has 4 nitrogen and oxygen atoms in total. The Bertz CT molecular complexity index is 396. The monoisotopic (exact) mass is 208 g/mol. The minimum absolute atomic E-state index is 0.0788.